The summed E-state index contributed by atoms with van der Waals surface area (Å²) in [7, 11) is 1.63. The first-order valence-electron chi connectivity index (χ1n) is 10.8. The number of phenolic OH excluding ortho intramolecular Hbond substituents is 1. The van der Waals surface area contributed by atoms with Gasteiger partial charge in [-0.3, -0.25) is 4.79 Å². The summed E-state index contributed by atoms with van der Waals surface area (Å²) in [6.07, 6.45) is 1.53. The number of aromatic hydroxyl groups is 1. The molecular formula is C26H20ClN3O4. The van der Waals surface area contributed by atoms with Crippen molar-refractivity contribution < 1.29 is 19.1 Å². The number of phenols is 1. The van der Waals surface area contributed by atoms with Crippen molar-refractivity contribution in [1.82, 2.24) is 9.97 Å². The Morgan fingerprint density at radius 3 is 2.82 bits per heavy atom. The molecule has 1 unspecified atom stereocenters. The fraction of sp³-hybridized carbons (Fsp3) is 0.154. The van der Waals surface area contributed by atoms with Crippen molar-refractivity contribution in [3.8, 4) is 22.9 Å². The zero-order valence-electron chi connectivity index (χ0n) is 18.2. The third-order valence-corrected chi connectivity index (χ3v) is 6.73. The van der Waals surface area contributed by atoms with Crippen LogP contribution in [0.25, 0.3) is 33.4 Å². The molecule has 0 fully saturated rings. The highest BCUT2D eigenvalue weighted by atomic mass is 35.5. The van der Waals surface area contributed by atoms with Gasteiger partial charge >= 0.3 is 0 Å². The second-order valence-electron chi connectivity index (χ2n) is 8.30. The van der Waals surface area contributed by atoms with Crippen LogP contribution in [0.15, 0.2) is 65.3 Å². The molecule has 1 amide bonds. The number of aromatic nitrogens is 2. The number of ether oxygens (including phenoxy) is 1. The number of furan rings is 1. The average Bonchev–Trinajstić information content (AvgIpc) is 3.59. The van der Waals surface area contributed by atoms with E-state index < -0.39 is 0 Å². The third kappa shape index (κ3) is 3.12. The minimum Gasteiger partial charge on any atom is -0.507 e. The summed E-state index contributed by atoms with van der Waals surface area (Å²) in [4.78, 5) is 23.2. The van der Waals surface area contributed by atoms with Crippen LogP contribution in [0.2, 0.25) is 0 Å². The summed E-state index contributed by atoms with van der Waals surface area (Å²) in [5.41, 5.74) is 5.00. The Morgan fingerprint density at radius 1 is 1.24 bits per heavy atom. The first kappa shape index (κ1) is 20.6. The first-order valence-corrected chi connectivity index (χ1v) is 11.4. The Labute approximate surface area is 199 Å². The summed E-state index contributed by atoms with van der Waals surface area (Å²) in [5.74, 6) is 1.62. The second-order valence-corrected chi connectivity index (χ2v) is 8.61. The number of carbonyl (C=O) groups is 1. The number of nitrogens with zero attached hydrogens (tertiary/aromatic N) is 2. The molecule has 5 aromatic rings. The maximum Gasteiger partial charge on any atom is 0.258 e. The monoisotopic (exact) mass is 473 g/mol. The molecule has 7 nitrogen and oxygen atoms in total. The number of hydrogen-bond donors (Lipinski definition) is 2. The van der Waals surface area contributed by atoms with Crippen molar-refractivity contribution in [1.29, 1.82) is 0 Å². The summed E-state index contributed by atoms with van der Waals surface area (Å²) in [6.45, 7) is 0.412. The van der Waals surface area contributed by atoms with Gasteiger partial charge in [0.05, 0.1) is 35.5 Å². The molecule has 0 saturated carbocycles. The number of hydrogen-bond acceptors (Lipinski definition) is 5. The molecule has 34 heavy (non-hydrogen) atoms. The van der Waals surface area contributed by atoms with Crippen LogP contribution in [0.4, 0.5) is 5.69 Å². The number of fused-ring (bicyclic) bond motifs is 4. The maximum absolute atomic E-state index is 13.6. The molecular weight excluding hydrogens is 454 g/mol. The first-order chi connectivity index (χ1) is 16.6. The van der Waals surface area contributed by atoms with Crippen LogP contribution < -0.4 is 9.64 Å². The number of rotatable bonds is 4. The van der Waals surface area contributed by atoms with E-state index in [1.165, 1.54) is 6.26 Å². The quantitative estimate of drug-likeness (QED) is 0.328. The standard InChI is InChI=1S/C26H20ClN3O4/c1-33-17-5-2-14(3-6-17)25-28-19-7-4-15(10-20(19)29-25)26(32)30-13-16(12-27)23-21(30)11-22(31)18-8-9-34-24(18)23/h2-11,16,31H,12-13H2,1H3,(H,28,29). The molecule has 2 N–H and O–H groups in total. The van der Waals surface area contributed by atoms with E-state index in [0.717, 1.165) is 27.9 Å². The van der Waals surface area contributed by atoms with E-state index in [9.17, 15) is 9.90 Å². The number of alkyl halides is 1. The van der Waals surface area contributed by atoms with Gasteiger partial charge < -0.3 is 24.1 Å². The zero-order chi connectivity index (χ0) is 23.4. The van der Waals surface area contributed by atoms with Crippen LogP contribution in [0.5, 0.6) is 11.5 Å². The smallest absolute Gasteiger partial charge is 0.258 e. The Kier molecular flexibility index (Phi) is 4.74. The normalized spacial score (nSPS) is 15.2. The van der Waals surface area contributed by atoms with E-state index in [-0.39, 0.29) is 17.6 Å². The number of carbonyl (C=O) groups excluding carboxylic acids is 1. The number of anilines is 1. The molecule has 2 aromatic heterocycles. The van der Waals surface area contributed by atoms with Gasteiger partial charge in [-0.2, -0.15) is 0 Å². The van der Waals surface area contributed by atoms with Gasteiger partial charge in [0.2, 0.25) is 0 Å². The molecule has 0 spiro atoms. The van der Waals surface area contributed by atoms with Crippen molar-refractivity contribution in [3.63, 3.8) is 0 Å². The van der Waals surface area contributed by atoms with E-state index in [4.69, 9.17) is 20.8 Å². The van der Waals surface area contributed by atoms with Gasteiger partial charge in [0.1, 0.15) is 22.9 Å². The Hall–Kier alpha value is -3.97. The van der Waals surface area contributed by atoms with Crippen LogP contribution >= 0.6 is 11.6 Å². The molecule has 0 saturated heterocycles. The van der Waals surface area contributed by atoms with Crippen molar-refractivity contribution in [2.45, 2.75) is 5.92 Å². The Balaban J connectivity index is 1.37. The fourth-order valence-electron chi connectivity index (χ4n) is 4.65. The summed E-state index contributed by atoms with van der Waals surface area (Å²) >= 11 is 6.25. The lowest BCUT2D eigenvalue weighted by molar-refractivity contribution is 0.0988. The van der Waals surface area contributed by atoms with E-state index in [0.29, 0.717) is 40.5 Å². The molecule has 3 heterocycles. The summed E-state index contributed by atoms with van der Waals surface area (Å²) < 4.78 is 10.9. The Morgan fingerprint density at radius 2 is 2.06 bits per heavy atom. The number of methoxy groups -OCH3 is 1. The number of nitrogens with one attached hydrogen (secondary N) is 1. The average molecular weight is 474 g/mol. The van der Waals surface area contributed by atoms with Crippen LogP contribution in [0, 0.1) is 0 Å². The minimum absolute atomic E-state index is 0.0728. The van der Waals surface area contributed by atoms with Gasteiger partial charge in [0, 0.05) is 41.1 Å². The van der Waals surface area contributed by atoms with Crippen LogP contribution in [0.3, 0.4) is 0 Å². The van der Waals surface area contributed by atoms with Crippen LogP contribution in [-0.4, -0.2) is 40.5 Å². The van der Waals surface area contributed by atoms with E-state index >= 15 is 0 Å². The number of amides is 1. The lowest BCUT2D eigenvalue weighted by Crippen LogP contribution is -2.30. The van der Waals surface area contributed by atoms with Gasteiger partial charge in [-0.1, -0.05) is 0 Å². The van der Waals surface area contributed by atoms with Crippen molar-refractivity contribution in [2.75, 3.05) is 24.4 Å². The van der Waals surface area contributed by atoms with Gasteiger partial charge in [0.15, 0.2) is 0 Å². The lowest BCUT2D eigenvalue weighted by atomic mass is 10.0. The van der Waals surface area contributed by atoms with Gasteiger partial charge in [-0.25, -0.2) is 4.98 Å². The topological polar surface area (TPSA) is 91.6 Å². The van der Waals surface area contributed by atoms with Crippen LogP contribution in [0.1, 0.15) is 21.8 Å². The highest BCUT2D eigenvalue weighted by molar-refractivity contribution is 6.19. The van der Waals surface area contributed by atoms with Crippen molar-refractivity contribution in [2.24, 2.45) is 0 Å². The summed E-state index contributed by atoms with van der Waals surface area (Å²) in [6, 6.07) is 16.3. The molecule has 1 aliphatic rings. The number of halogens is 1. The highest BCUT2D eigenvalue weighted by Crippen LogP contribution is 2.46. The van der Waals surface area contributed by atoms with Gasteiger partial charge in [-0.05, 0) is 48.5 Å². The van der Waals surface area contributed by atoms with Gasteiger partial charge in [0.25, 0.3) is 5.91 Å². The molecule has 0 aliphatic carbocycles. The predicted molar refractivity (Wildman–Crippen MR) is 131 cm³/mol. The highest BCUT2D eigenvalue weighted by Gasteiger charge is 2.36. The van der Waals surface area contributed by atoms with E-state index in [1.54, 1.807) is 36.3 Å². The lowest BCUT2D eigenvalue weighted by Gasteiger charge is -2.18. The van der Waals surface area contributed by atoms with Crippen LogP contribution in [-0.2, 0) is 0 Å². The maximum atomic E-state index is 13.6. The molecule has 6 rings (SSSR count). The Bertz CT molecular complexity index is 1550. The molecule has 1 aliphatic heterocycles. The SMILES string of the molecule is COc1ccc(-c2nc3ccc(C(=O)N4CC(CCl)c5c4cc(O)c4ccoc54)cc3[nH]2)cc1. The molecule has 3 aromatic carbocycles. The molecule has 0 bridgehead atoms. The van der Waals surface area contributed by atoms with Crippen molar-refractivity contribution in [3.05, 3.63) is 72.0 Å². The molecule has 8 heteroatoms. The fourth-order valence-corrected chi connectivity index (χ4v) is 4.90. The zero-order valence-corrected chi connectivity index (χ0v) is 19.0. The molecule has 170 valence electrons. The number of benzene rings is 3. The van der Waals surface area contributed by atoms with Gasteiger partial charge in [-0.15, -0.1) is 11.6 Å². The molecule has 0 radical (unpaired) electrons. The minimum atomic E-state index is -0.179. The van der Waals surface area contributed by atoms with E-state index in [1.807, 2.05) is 30.3 Å². The number of imidazole rings is 1. The second kappa shape index (κ2) is 7.81. The molecule has 1 atom stereocenters. The predicted octanol–water partition coefficient (Wildman–Crippen LogP) is 5.67. The summed E-state index contributed by atoms with van der Waals surface area (Å²) in [5, 5.41) is 11.1. The number of aromatic amines is 1. The van der Waals surface area contributed by atoms with E-state index in [2.05, 4.69) is 9.97 Å². The third-order valence-electron chi connectivity index (χ3n) is 6.36. The van der Waals surface area contributed by atoms with Crippen molar-refractivity contribution >= 4 is 45.2 Å². The number of H-pyrrole nitrogens is 1. The largest absolute Gasteiger partial charge is 0.507 e.